The van der Waals surface area contributed by atoms with Gasteiger partial charge in [-0.1, -0.05) is 91.0 Å². The van der Waals surface area contributed by atoms with Gasteiger partial charge in [0.2, 0.25) is 0 Å². The van der Waals surface area contributed by atoms with Gasteiger partial charge >= 0.3 is 0 Å². The molecule has 0 radical (unpaired) electrons. The lowest BCUT2D eigenvalue weighted by Crippen LogP contribution is -2.51. The molecule has 0 aromatic heterocycles. The van der Waals surface area contributed by atoms with E-state index < -0.39 is 0 Å². The maximum Gasteiger partial charge on any atom is 0.0628 e. The summed E-state index contributed by atoms with van der Waals surface area (Å²) in [5.41, 5.74) is 4.00. The van der Waals surface area contributed by atoms with Gasteiger partial charge in [0, 0.05) is 5.41 Å². The molecule has 0 aromatic carbocycles. The second kappa shape index (κ2) is 7.79. The second-order valence-electron chi connectivity index (χ2n) is 13.1. The highest BCUT2D eigenvalue weighted by atomic mass is 16.3. The second-order valence-corrected chi connectivity index (χ2v) is 13.1. The van der Waals surface area contributed by atoms with E-state index in [1.807, 2.05) is 0 Å². The number of fused-ring (bicyclic) bond motifs is 5. The van der Waals surface area contributed by atoms with Gasteiger partial charge in [-0.25, -0.2) is 0 Å². The van der Waals surface area contributed by atoms with Crippen molar-refractivity contribution in [3.63, 3.8) is 0 Å². The molecule has 170 valence electrons. The average Bonchev–Trinajstić information content (AvgIpc) is 3.02. The summed E-state index contributed by atoms with van der Waals surface area (Å²) in [5.74, 6) is 4.10. The van der Waals surface area contributed by atoms with Gasteiger partial charge in [0.05, 0.1) is 6.10 Å². The van der Waals surface area contributed by atoms with E-state index in [1.165, 1.54) is 50.5 Å². The number of aliphatic hydroxyl groups excluding tert-OH is 1. The van der Waals surface area contributed by atoms with Crippen molar-refractivity contribution in [2.45, 2.75) is 112 Å². The zero-order valence-corrected chi connectivity index (χ0v) is 20.9. The van der Waals surface area contributed by atoms with E-state index in [0.29, 0.717) is 11.3 Å². The highest BCUT2D eigenvalue weighted by Gasteiger charge is 2.59. The fourth-order valence-electron chi connectivity index (χ4n) is 8.73. The van der Waals surface area contributed by atoms with E-state index in [1.54, 1.807) is 5.57 Å². The van der Waals surface area contributed by atoms with Crippen LogP contribution in [0.25, 0.3) is 0 Å². The summed E-state index contributed by atoms with van der Waals surface area (Å²) in [6.07, 6.45) is 16.7. The van der Waals surface area contributed by atoms with Crippen molar-refractivity contribution in [1.29, 1.82) is 0 Å². The molecule has 0 aromatic rings. The molecule has 0 heterocycles. The van der Waals surface area contributed by atoms with Gasteiger partial charge < -0.3 is 5.11 Å². The molecular weight excluding hydrogens is 364 g/mol. The Labute approximate surface area is 186 Å². The maximum absolute atomic E-state index is 10.7. The smallest absolute Gasteiger partial charge is 0.0628 e. The van der Waals surface area contributed by atoms with Gasteiger partial charge in [-0.15, -0.1) is 0 Å². The first-order chi connectivity index (χ1) is 14.0. The highest BCUT2D eigenvalue weighted by Crippen LogP contribution is 2.67. The Morgan fingerprint density at radius 3 is 2.33 bits per heavy atom. The van der Waals surface area contributed by atoms with Crippen LogP contribution in [-0.4, -0.2) is 11.2 Å². The summed E-state index contributed by atoms with van der Waals surface area (Å²) < 4.78 is 0. The molecule has 30 heavy (non-hydrogen) atoms. The van der Waals surface area contributed by atoms with E-state index in [4.69, 9.17) is 0 Å². The number of rotatable bonds is 5. The fraction of sp³-hybridized carbons (Fsp3) is 0.862. The minimum Gasteiger partial charge on any atom is -0.392 e. The number of aliphatic hydroxyl groups is 1. The van der Waals surface area contributed by atoms with Gasteiger partial charge in [0.15, 0.2) is 0 Å². The van der Waals surface area contributed by atoms with Gasteiger partial charge in [-0.3, -0.25) is 0 Å². The van der Waals surface area contributed by atoms with Gasteiger partial charge in [0.25, 0.3) is 0 Å². The lowest BCUT2D eigenvalue weighted by molar-refractivity contribution is -0.0173. The van der Waals surface area contributed by atoms with E-state index in [2.05, 4.69) is 60.6 Å². The predicted molar refractivity (Wildman–Crippen MR) is 128 cm³/mol. The number of hydrogen-bond donors (Lipinski definition) is 1. The minimum absolute atomic E-state index is 0.0844. The van der Waals surface area contributed by atoms with Crippen LogP contribution in [-0.2, 0) is 0 Å². The molecule has 0 bridgehead atoms. The largest absolute Gasteiger partial charge is 0.392 e. The van der Waals surface area contributed by atoms with Crippen LogP contribution in [0.3, 0.4) is 0 Å². The van der Waals surface area contributed by atoms with Crippen molar-refractivity contribution < 1.29 is 5.11 Å². The van der Waals surface area contributed by atoms with Crippen LogP contribution in [0.15, 0.2) is 23.3 Å². The van der Waals surface area contributed by atoms with Crippen LogP contribution in [0.4, 0.5) is 0 Å². The first kappa shape index (κ1) is 22.6. The molecule has 0 aliphatic heterocycles. The van der Waals surface area contributed by atoms with Gasteiger partial charge in [0.1, 0.15) is 0 Å². The summed E-state index contributed by atoms with van der Waals surface area (Å²) >= 11 is 0. The predicted octanol–water partition coefficient (Wildman–Crippen LogP) is 7.94. The highest BCUT2D eigenvalue weighted by molar-refractivity contribution is 5.41. The molecule has 0 spiro atoms. The van der Waals surface area contributed by atoms with Gasteiger partial charge in [-0.05, 0) is 78.9 Å². The zero-order valence-electron chi connectivity index (χ0n) is 20.9. The average molecular weight is 413 g/mol. The van der Waals surface area contributed by atoms with E-state index in [0.717, 1.165) is 36.5 Å². The molecule has 1 heteroatoms. The van der Waals surface area contributed by atoms with Crippen molar-refractivity contribution >= 4 is 0 Å². The van der Waals surface area contributed by atoms with E-state index >= 15 is 0 Å². The number of hydrogen-bond acceptors (Lipinski definition) is 1. The molecular formula is C29H48O. The van der Waals surface area contributed by atoms with Crippen molar-refractivity contribution in [2.24, 2.45) is 45.8 Å². The molecule has 3 saturated carbocycles. The minimum atomic E-state index is -0.191. The summed E-state index contributed by atoms with van der Waals surface area (Å²) in [7, 11) is 0. The standard InChI is InChI=1S/C29H48O/c1-19(2)9-8-10-20(3)22-12-13-23-21-11-14-25-27(4,5)26(30)16-18-29(25,7)24(21)15-17-28(22,23)6/h11,14,19-20,22-24,26,30H,8-10,12-13,15-18H2,1-7H3/t20-,22-,23+,24+,26+,28-,29-/m1/s1. The molecule has 4 aliphatic carbocycles. The molecule has 4 rings (SSSR count). The molecule has 7 atom stereocenters. The molecule has 1 nitrogen and oxygen atoms in total. The molecule has 0 saturated heterocycles. The third-order valence-electron chi connectivity index (χ3n) is 10.6. The van der Waals surface area contributed by atoms with Crippen molar-refractivity contribution in [1.82, 2.24) is 0 Å². The molecule has 1 N–H and O–H groups in total. The Morgan fingerprint density at radius 1 is 0.900 bits per heavy atom. The van der Waals surface area contributed by atoms with Crippen LogP contribution in [0.1, 0.15) is 106 Å². The van der Waals surface area contributed by atoms with Crippen LogP contribution in [0.5, 0.6) is 0 Å². The summed E-state index contributed by atoms with van der Waals surface area (Å²) in [6, 6.07) is 0. The fourth-order valence-corrected chi connectivity index (χ4v) is 8.73. The molecule has 4 aliphatic rings. The molecule has 3 fully saturated rings. The lowest BCUT2D eigenvalue weighted by Gasteiger charge is -2.58. The first-order valence-electron chi connectivity index (χ1n) is 13.1. The quantitative estimate of drug-likeness (QED) is 0.486. The summed E-state index contributed by atoms with van der Waals surface area (Å²) in [6.45, 7) is 17.0. The Balaban J connectivity index is 1.58. The van der Waals surface area contributed by atoms with Crippen molar-refractivity contribution in [2.75, 3.05) is 0 Å². The normalized spacial score (nSPS) is 43.4. The topological polar surface area (TPSA) is 20.2 Å². The van der Waals surface area contributed by atoms with Crippen molar-refractivity contribution in [3.8, 4) is 0 Å². The third-order valence-corrected chi connectivity index (χ3v) is 10.6. The van der Waals surface area contributed by atoms with Crippen LogP contribution in [0, 0.1) is 45.8 Å². The Bertz CT molecular complexity index is 712. The number of allylic oxidation sites excluding steroid dienone is 3. The van der Waals surface area contributed by atoms with Crippen LogP contribution >= 0.6 is 0 Å². The Kier molecular flexibility index (Phi) is 5.87. The zero-order chi connectivity index (χ0) is 21.9. The monoisotopic (exact) mass is 412 g/mol. The summed E-state index contributed by atoms with van der Waals surface area (Å²) in [5, 5.41) is 10.7. The van der Waals surface area contributed by atoms with Crippen molar-refractivity contribution in [3.05, 3.63) is 23.3 Å². The first-order valence-corrected chi connectivity index (χ1v) is 13.1. The lowest BCUT2D eigenvalue weighted by atomic mass is 9.46. The maximum atomic E-state index is 10.7. The van der Waals surface area contributed by atoms with Crippen LogP contribution < -0.4 is 0 Å². The SMILES string of the molecule is CC(C)CCC[C@@H](C)[C@H]1CC[C@H]2C3=CC=C4C(C)(C)[C@@H](O)CC[C@]4(C)[C@H]3CC[C@]12C. The Morgan fingerprint density at radius 2 is 1.63 bits per heavy atom. The van der Waals surface area contributed by atoms with Crippen LogP contribution in [0.2, 0.25) is 0 Å². The molecule has 0 amide bonds. The summed E-state index contributed by atoms with van der Waals surface area (Å²) in [4.78, 5) is 0. The van der Waals surface area contributed by atoms with E-state index in [9.17, 15) is 5.11 Å². The Hall–Kier alpha value is -0.560. The third kappa shape index (κ3) is 3.37. The van der Waals surface area contributed by atoms with Gasteiger partial charge in [-0.2, -0.15) is 0 Å². The van der Waals surface area contributed by atoms with E-state index in [-0.39, 0.29) is 16.9 Å². The molecule has 0 unspecified atom stereocenters.